The third kappa shape index (κ3) is 5.14. The second-order valence-electron chi connectivity index (χ2n) is 10.2. The van der Waals surface area contributed by atoms with Crippen LogP contribution in [0, 0.1) is 0 Å². The number of carbonyl (C=O) groups is 2. The molecule has 2 aliphatic heterocycles. The van der Waals surface area contributed by atoms with Crippen molar-refractivity contribution in [2.75, 3.05) is 39.4 Å². The number of ether oxygens (including phenoxy) is 2. The number of hydrogen-bond donors (Lipinski definition) is 1. The number of amides is 2. The number of carbonyl (C=O) groups excluding carboxylic acids is 2. The molecule has 2 amide bonds. The molecule has 1 fully saturated rings. The van der Waals surface area contributed by atoms with Crippen LogP contribution in [0.1, 0.15) is 43.1 Å². The van der Waals surface area contributed by atoms with Crippen LogP contribution in [0.4, 0.5) is 4.79 Å². The maximum absolute atomic E-state index is 12.8. The molecular formula is C28H32N4O4. The first kappa shape index (κ1) is 24.1. The minimum atomic E-state index is -0.506. The molecule has 5 rings (SSSR count). The van der Waals surface area contributed by atoms with Crippen LogP contribution in [0.2, 0.25) is 0 Å². The topological polar surface area (TPSA) is 87.8 Å². The summed E-state index contributed by atoms with van der Waals surface area (Å²) in [5, 5.41) is 1.04. The van der Waals surface area contributed by atoms with Crippen LogP contribution in [0.15, 0.2) is 48.8 Å². The minimum Gasteiger partial charge on any atom is -0.444 e. The van der Waals surface area contributed by atoms with E-state index in [0.29, 0.717) is 45.0 Å². The van der Waals surface area contributed by atoms with Crippen LogP contribution in [0.3, 0.4) is 0 Å². The number of rotatable bonds is 3. The highest BCUT2D eigenvalue weighted by molar-refractivity contribution is 5.96. The van der Waals surface area contributed by atoms with Crippen molar-refractivity contribution in [3.63, 3.8) is 0 Å². The molecule has 4 heterocycles. The zero-order chi connectivity index (χ0) is 25.3. The molecule has 1 aromatic carbocycles. The van der Waals surface area contributed by atoms with E-state index >= 15 is 0 Å². The third-order valence-corrected chi connectivity index (χ3v) is 6.50. The van der Waals surface area contributed by atoms with Crippen molar-refractivity contribution in [3.8, 4) is 11.1 Å². The van der Waals surface area contributed by atoms with Crippen molar-refractivity contribution in [2.24, 2.45) is 0 Å². The first-order valence-electron chi connectivity index (χ1n) is 12.4. The number of morpholine rings is 1. The fourth-order valence-electron chi connectivity index (χ4n) is 4.59. The lowest BCUT2D eigenvalue weighted by atomic mass is 9.98. The van der Waals surface area contributed by atoms with Crippen molar-refractivity contribution in [1.29, 1.82) is 0 Å². The highest BCUT2D eigenvalue weighted by atomic mass is 16.6. The van der Waals surface area contributed by atoms with Gasteiger partial charge in [0, 0.05) is 60.6 Å². The van der Waals surface area contributed by atoms with Gasteiger partial charge >= 0.3 is 6.09 Å². The maximum Gasteiger partial charge on any atom is 0.410 e. The Hall–Kier alpha value is -3.65. The monoisotopic (exact) mass is 488 g/mol. The average Bonchev–Trinajstić information content (AvgIpc) is 3.31. The third-order valence-electron chi connectivity index (χ3n) is 6.50. The Labute approximate surface area is 210 Å². The van der Waals surface area contributed by atoms with Gasteiger partial charge in [-0.05, 0) is 56.5 Å². The standard InChI is InChI=1S/C28H32N4O4/c1-28(2,3)36-27(34)32-10-8-20(9-11-32)24-18-30-25-23(24)16-22(17-29-25)19-4-6-21(7-5-19)26(33)31-12-14-35-15-13-31/h4-8,16-18H,9-15H2,1-3H3,(H,29,30). The van der Waals surface area contributed by atoms with Gasteiger partial charge in [0.15, 0.2) is 0 Å². The van der Waals surface area contributed by atoms with Crippen LogP contribution in [0.5, 0.6) is 0 Å². The van der Waals surface area contributed by atoms with Gasteiger partial charge in [0.1, 0.15) is 11.2 Å². The number of pyridine rings is 1. The molecule has 0 unspecified atom stereocenters. The second kappa shape index (κ2) is 9.78. The summed E-state index contributed by atoms with van der Waals surface area (Å²) in [5.74, 6) is 0.0380. The summed E-state index contributed by atoms with van der Waals surface area (Å²) in [6.45, 7) is 9.19. The van der Waals surface area contributed by atoms with Gasteiger partial charge in [0.25, 0.3) is 5.91 Å². The number of aromatic nitrogens is 2. The Bertz CT molecular complexity index is 1300. The lowest BCUT2D eigenvalue weighted by Crippen LogP contribution is -2.40. The molecule has 0 spiro atoms. The number of nitrogens with zero attached hydrogens (tertiary/aromatic N) is 3. The van der Waals surface area contributed by atoms with Crippen LogP contribution in [-0.2, 0) is 9.47 Å². The maximum atomic E-state index is 12.8. The number of aromatic amines is 1. The van der Waals surface area contributed by atoms with Gasteiger partial charge in [-0.25, -0.2) is 9.78 Å². The fraction of sp³-hybridized carbons (Fsp3) is 0.393. The quantitative estimate of drug-likeness (QED) is 0.576. The van der Waals surface area contributed by atoms with E-state index < -0.39 is 5.60 Å². The first-order valence-corrected chi connectivity index (χ1v) is 12.4. The number of hydrogen-bond acceptors (Lipinski definition) is 5. The van der Waals surface area contributed by atoms with E-state index in [1.54, 1.807) is 4.90 Å². The van der Waals surface area contributed by atoms with E-state index in [2.05, 4.69) is 22.1 Å². The highest BCUT2D eigenvalue weighted by Crippen LogP contribution is 2.32. The summed E-state index contributed by atoms with van der Waals surface area (Å²) in [4.78, 5) is 36.6. The molecule has 188 valence electrons. The van der Waals surface area contributed by atoms with E-state index in [0.717, 1.165) is 34.1 Å². The SMILES string of the molecule is CC(C)(C)OC(=O)N1CC=C(c2c[nH]c3ncc(-c4ccc(C(=O)N5CCOCC5)cc4)cc23)CC1. The summed E-state index contributed by atoms with van der Waals surface area (Å²) in [7, 11) is 0. The molecule has 2 aromatic heterocycles. The molecular weight excluding hydrogens is 456 g/mol. The van der Waals surface area contributed by atoms with Gasteiger partial charge in [-0.15, -0.1) is 0 Å². The van der Waals surface area contributed by atoms with E-state index in [9.17, 15) is 9.59 Å². The van der Waals surface area contributed by atoms with Crippen LogP contribution in [-0.4, -0.2) is 76.8 Å². The number of nitrogens with one attached hydrogen (secondary N) is 1. The normalized spacial score (nSPS) is 16.7. The van der Waals surface area contributed by atoms with Gasteiger partial charge in [-0.1, -0.05) is 18.2 Å². The summed E-state index contributed by atoms with van der Waals surface area (Å²) < 4.78 is 10.9. The highest BCUT2D eigenvalue weighted by Gasteiger charge is 2.25. The van der Waals surface area contributed by atoms with Crippen LogP contribution >= 0.6 is 0 Å². The predicted molar refractivity (Wildman–Crippen MR) is 139 cm³/mol. The van der Waals surface area contributed by atoms with E-state index in [1.165, 1.54) is 5.57 Å². The van der Waals surface area contributed by atoms with Gasteiger partial charge in [-0.2, -0.15) is 0 Å². The Morgan fingerprint density at radius 1 is 1.03 bits per heavy atom. The van der Waals surface area contributed by atoms with Crippen molar-refractivity contribution >= 4 is 28.6 Å². The lowest BCUT2D eigenvalue weighted by Gasteiger charge is -2.29. The molecule has 0 bridgehead atoms. The summed E-state index contributed by atoms with van der Waals surface area (Å²) in [6, 6.07) is 9.84. The summed E-state index contributed by atoms with van der Waals surface area (Å²) in [5.41, 5.74) is 5.27. The Morgan fingerprint density at radius 3 is 2.44 bits per heavy atom. The Balaban J connectivity index is 1.34. The lowest BCUT2D eigenvalue weighted by molar-refractivity contribution is 0.0270. The molecule has 3 aromatic rings. The summed E-state index contributed by atoms with van der Waals surface area (Å²) >= 11 is 0. The van der Waals surface area contributed by atoms with E-state index in [1.807, 2.05) is 62.3 Å². The largest absolute Gasteiger partial charge is 0.444 e. The molecule has 8 heteroatoms. The number of benzene rings is 1. The summed E-state index contributed by atoms with van der Waals surface area (Å²) in [6.07, 6.45) is 6.39. The molecule has 36 heavy (non-hydrogen) atoms. The van der Waals surface area contributed by atoms with Crippen LogP contribution < -0.4 is 0 Å². The zero-order valence-corrected chi connectivity index (χ0v) is 21.0. The van der Waals surface area contributed by atoms with Crippen molar-refractivity contribution < 1.29 is 19.1 Å². The molecule has 0 atom stereocenters. The molecule has 0 radical (unpaired) electrons. The Kier molecular flexibility index (Phi) is 6.53. The average molecular weight is 489 g/mol. The van der Waals surface area contributed by atoms with Crippen molar-refractivity contribution in [1.82, 2.24) is 19.8 Å². The zero-order valence-electron chi connectivity index (χ0n) is 21.0. The van der Waals surface area contributed by atoms with Crippen LogP contribution in [0.25, 0.3) is 27.7 Å². The van der Waals surface area contributed by atoms with Crippen molar-refractivity contribution in [2.45, 2.75) is 32.8 Å². The smallest absolute Gasteiger partial charge is 0.410 e. The van der Waals surface area contributed by atoms with E-state index in [4.69, 9.17) is 9.47 Å². The molecule has 1 N–H and O–H groups in total. The molecule has 0 aliphatic carbocycles. The Morgan fingerprint density at radius 2 is 1.78 bits per heavy atom. The second-order valence-corrected chi connectivity index (χ2v) is 10.2. The van der Waals surface area contributed by atoms with Gasteiger partial charge < -0.3 is 24.3 Å². The predicted octanol–water partition coefficient (Wildman–Crippen LogP) is 4.73. The number of H-pyrrole nitrogens is 1. The van der Waals surface area contributed by atoms with Gasteiger partial charge in [0.2, 0.25) is 0 Å². The van der Waals surface area contributed by atoms with Gasteiger partial charge in [-0.3, -0.25) is 4.79 Å². The molecule has 2 aliphatic rings. The molecule has 0 saturated carbocycles. The van der Waals surface area contributed by atoms with Crippen molar-refractivity contribution in [3.05, 3.63) is 59.9 Å². The first-order chi connectivity index (χ1) is 17.3. The van der Waals surface area contributed by atoms with Gasteiger partial charge in [0.05, 0.1) is 13.2 Å². The minimum absolute atomic E-state index is 0.0380. The fourth-order valence-corrected chi connectivity index (χ4v) is 4.59. The van der Waals surface area contributed by atoms with E-state index in [-0.39, 0.29) is 12.0 Å². The molecule has 1 saturated heterocycles. The number of fused-ring (bicyclic) bond motifs is 1. The molecule has 8 nitrogen and oxygen atoms in total.